The highest BCUT2D eigenvalue weighted by atomic mass is 16.5. The van der Waals surface area contributed by atoms with E-state index in [-0.39, 0.29) is 11.9 Å². The second-order valence-electron chi connectivity index (χ2n) is 7.76. The van der Waals surface area contributed by atoms with E-state index in [1.807, 2.05) is 4.90 Å². The highest BCUT2D eigenvalue weighted by Gasteiger charge is 2.21. The number of urea groups is 1. The number of carbonyl (C=O) groups excluding carboxylic acids is 2. The van der Waals surface area contributed by atoms with Crippen molar-refractivity contribution in [2.24, 2.45) is 11.8 Å². The van der Waals surface area contributed by atoms with Crippen molar-refractivity contribution < 1.29 is 14.3 Å². The molecule has 2 N–H and O–H groups in total. The Hall–Kier alpha value is -2.08. The highest BCUT2D eigenvalue weighted by molar-refractivity contribution is 5.95. The first-order valence-corrected chi connectivity index (χ1v) is 9.97. The number of benzene rings is 1. The van der Waals surface area contributed by atoms with E-state index in [0.717, 1.165) is 39.0 Å². The van der Waals surface area contributed by atoms with E-state index in [0.29, 0.717) is 36.2 Å². The molecule has 2 rings (SSSR count). The summed E-state index contributed by atoms with van der Waals surface area (Å²) in [5.74, 6) is 1.29. The summed E-state index contributed by atoms with van der Waals surface area (Å²) in [6, 6.07) is 6.84. The quantitative estimate of drug-likeness (QED) is 0.680. The van der Waals surface area contributed by atoms with Gasteiger partial charge < -0.3 is 20.3 Å². The Morgan fingerprint density at radius 2 is 1.85 bits per heavy atom. The summed E-state index contributed by atoms with van der Waals surface area (Å²) >= 11 is 0. The third kappa shape index (κ3) is 7.59. The van der Waals surface area contributed by atoms with Crippen LogP contribution in [0.2, 0.25) is 0 Å². The Balaban J connectivity index is 1.70. The van der Waals surface area contributed by atoms with E-state index in [4.69, 9.17) is 4.74 Å². The largest absolute Gasteiger partial charge is 0.381 e. The van der Waals surface area contributed by atoms with Gasteiger partial charge in [0.25, 0.3) is 5.91 Å². The zero-order valence-electron chi connectivity index (χ0n) is 16.8. The zero-order chi connectivity index (χ0) is 19.6. The molecule has 1 aliphatic heterocycles. The van der Waals surface area contributed by atoms with Crippen LogP contribution in [-0.4, -0.2) is 49.7 Å². The van der Waals surface area contributed by atoms with Gasteiger partial charge in [-0.25, -0.2) is 4.79 Å². The summed E-state index contributed by atoms with van der Waals surface area (Å²) in [5, 5.41) is 5.59. The number of hydrogen-bond donors (Lipinski definition) is 2. The van der Waals surface area contributed by atoms with Crippen LogP contribution < -0.4 is 10.6 Å². The minimum atomic E-state index is -0.247. The molecule has 0 bridgehead atoms. The van der Waals surface area contributed by atoms with Gasteiger partial charge in [0.05, 0.1) is 0 Å². The SMILES string of the molecule is CC(C)COCCCNC(=O)Nc1ccc(C(=O)N2CCC(C)CC2)cc1. The molecule has 0 saturated carbocycles. The molecule has 3 amide bonds. The number of nitrogens with one attached hydrogen (secondary N) is 2. The first-order chi connectivity index (χ1) is 13.0. The van der Waals surface area contributed by atoms with Gasteiger partial charge in [-0.15, -0.1) is 0 Å². The van der Waals surface area contributed by atoms with Crippen LogP contribution in [-0.2, 0) is 4.74 Å². The third-order valence-corrected chi connectivity index (χ3v) is 4.66. The van der Waals surface area contributed by atoms with Gasteiger partial charge in [-0.2, -0.15) is 0 Å². The van der Waals surface area contributed by atoms with E-state index in [1.165, 1.54) is 0 Å². The summed E-state index contributed by atoms with van der Waals surface area (Å²) in [5.41, 5.74) is 1.34. The number of hydrogen-bond acceptors (Lipinski definition) is 3. The molecular formula is C21H33N3O3. The van der Waals surface area contributed by atoms with Gasteiger partial charge in [0.15, 0.2) is 0 Å². The topological polar surface area (TPSA) is 70.7 Å². The van der Waals surface area contributed by atoms with Gasteiger partial charge >= 0.3 is 6.03 Å². The summed E-state index contributed by atoms with van der Waals surface area (Å²) in [6.07, 6.45) is 2.91. The normalized spacial score (nSPS) is 15.0. The standard InChI is InChI=1S/C21H33N3O3/c1-16(2)15-27-14-4-11-22-21(26)23-19-7-5-18(6-8-19)20(25)24-12-9-17(3)10-13-24/h5-8,16-17H,4,9-15H2,1-3H3,(H2,22,23,26). The second-order valence-corrected chi connectivity index (χ2v) is 7.76. The summed E-state index contributed by atoms with van der Waals surface area (Å²) < 4.78 is 5.48. The van der Waals surface area contributed by atoms with Crippen molar-refractivity contribution in [1.82, 2.24) is 10.2 Å². The molecule has 150 valence electrons. The summed E-state index contributed by atoms with van der Waals surface area (Å²) in [4.78, 5) is 26.3. The number of piperidine rings is 1. The van der Waals surface area contributed by atoms with Gasteiger partial charge in [-0.1, -0.05) is 20.8 Å². The van der Waals surface area contributed by atoms with Crippen molar-refractivity contribution in [2.75, 3.05) is 38.2 Å². The van der Waals surface area contributed by atoms with Gasteiger partial charge in [0, 0.05) is 44.1 Å². The number of ether oxygens (including phenoxy) is 1. The number of likely N-dealkylation sites (tertiary alicyclic amines) is 1. The van der Waals surface area contributed by atoms with Gasteiger partial charge in [0.2, 0.25) is 0 Å². The molecule has 0 radical (unpaired) electrons. The highest BCUT2D eigenvalue weighted by Crippen LogP contribution is 2.19. The van der Waals surface area contributed by atoms with Gasteiger partial charge in [0.1, 0.15) is 0 Å². The van der Waals surface area contributed by atoms with E-state index in [9.17, 15) is 9.59 Å². The summed E-state index contributed by atoms with van der Waals surface area (Å²) in [7, 11) is 0. The van der Waals surface area contributed by atoms with Crippen molar-refractivity contribution >= 4 is 17.6 Å². The van der Waals surface area contributed by atoms with Crippen LogP contribution in [0.25, 0.3) is 0 Å². The molecule has 1 aromatic rings. The van der Waals surface area contributed by atoms with Crippen molar-refractivity contribution in [1.29, 1.82) is 0 Å². The Labute approximate surface area is 162 Å². The molecule has 0 aromatic heterocycles. The first-order valence-electron chi connectivity index (χ1n) is 9.97. The molecule has 27 heavy (non-hydrogen) atoms. The minimum Gasteiger partial charge on any atom is -0.381 e. The molecule has 1 heterocycles. The van der Waals surface area contributed by atoms with Crippen LogP contribution in [0.5, 0.6) is 0 Å². The summed E-state index contributed by atoms with van der Waals surface area (Å²) in [6.45, 7) is 10.0. The molecule has 0 atom stereocenters. The van der Waals surface area contributed by atoms with Gasteiger partial charge in [-0.05, 0) is 55.4 Å². The molecule has 6 nitrogen and oxygen atoms in total. The molecular weight excluding hydrogens is 342 g/mol. The van der Waals surface area contributed by atoms with Crippen LogP contribution in [0.4, 0.5) is 10.5 Å². The van der Waals surface area contributed by atoms with Crippen molar-refractivity contribution in [3.05, 3.63) is 29.8 Å². The lowest BCUT2D eigenvalue weighted by Crippen LogP contribution is -2.37. The fourth-order valence-electron chi connectivity index (χ4n) is 2.96. The molecule has 1 aromatic carbocycles. The number of anilines is 1. The molecule has 0 spiro atoms. The van der Waals surface area contributed by atoms with Crippen LogP contribution in [0.3, 0.4) is 0 Å². The fourth-order valence-corrected chi connectivity index (χ4v) is 2.96. The maximum Gasteiger partial charge on any atom is 0.319 e. The average Bonchev–Trinajstić information content (AvgIpc) is 2.65. The van der Waals surface area contributed by atoms with Crippen LogP contribution in [0.15, 0.2) is 24.3 Å². The van der Waals surface area contributed by atoms with Gasteiger partial charge in [-0.3, -0.25) is 4.79 Å². The van der Waals surface area contributed by atoms with Crippen LogP contribution in [0, 0.1) is 11.8 Å². The third-order valence-electron chi connectivity index (χ3n) is 4.66. The Kier molecular flexibility index (Phi) is 8.58. The molecule has 0 aliphatic carbocycles. The van der Waals surface area contributed by atoms with Crippen molar-refractivity contribution in [2.45, 2.75) is 40.0 Å². The average molecular weight is 376 g/mol. The lowest BCUT2D eigenvalue weighted by atomic mass is 9.98. The molecule has 6 heteroatoms. The van der Waals surface area contributed by atoms with E-state index in [2.05, 4.69) is 31.4 Å². The Morgan fingerprint density at radius 3 is 2.48 bits per heavy atom. The number of carbonyl (C=O) groups is 2. The van der Waals surface area contributed by atoms with E-state index >= 15 is 0 Å². The predicted octanol–water partition coefficient (Wildman–Crippen LogP) is 3.74. The minimum absolute atomic E-state index is 0.0688. The lowest BCUT2D eigenvalue weighted by molar-refractivity contribution is 0.0697. The molecule has 1 aliphatic rings. The monoisotopic (exact) mass is 375 g/mol. The lowest BCUT2D eigenvalue weighted by Gasteiger charge is -2.30. The fraction of sp³-hybridized carbons (Fsp3) is 0.619. The Bertz CT molecular complexity index is 593. The first kappa shape index (κ1) is 21.2. The van der Waals surface area contributed by atoms with Crippen molar-refractivity contribution in [3.8, 4) is 0 Å². The maximum absolute atomic E-state index is 12.5. The molecule has 1 saturated heterocycles. The van der Waals surface area contributed by atoms with Crippen LogP contribution in [0.1, 0.15) is 50.4 Å². The number of amides is 3. The Morgan fingerprint density at radius 1 is 1.19 bits per heavy atom. The molecule has 1 fully saturated rings. The maximum atomic E-state index is 12.5. The smallest absolute Gasteiger partial charge is 0.319 e. The number of nitrogens with zero attached hydrogens (tertiary/aromatic N) is 1. The zero-order valence-corrected chi connectivity index (χ0v) is 16.8. The number of rotatable bonds is 8. The predicted molar refractivity (Wildman–Crippen MR) is 108 cm³/mol. The van der Waals surface area contributed by atoms with E-state index < -0.39 is 0 Å². The second kappa shape index (κ2) is 10.9. The van der Waals surface area contributed by atoms with Crippen LogP contribution >= 0.6 is 0 Å². The van der Waals surface area contributed by atoms with Crippen molar-refractivity contribution in [3.63, 3.8) is 0 Å². The van der Waals surface area contributed by atoms with E-state index in [1.54, 1.807) is 24.3 Å². The molecule has 0 unspecified atom stereocenters.